The van der Waals surface area contributed by atoms with E-state index in [4.69, 9.17) is 18.6 Å². The zero-order chi connectivity index (χ0) is 26.6. The van der Waals surface area contributed by atoms with Crippen LogP contribution in [-0.2, 0) is 0 Å². The van der Waals surface area contributed by atoms with E-state index in [9.17, 15) is 9.59 Å². The molecule has 0 aliphatic carbocycles. The highest BCUT2D eigenvalue weighted by atomic mass is 16.5. The van der Waals surface area contributed by atoms with Gasteiger partial charge in [-0.05, 0) is 91.9 Å². The van der Waals surface area contributed by atoms with E-state index >= 15 is 0 Å². The van der Waals surface area contributed by atoms with Crippen molar-refractivity contribution in [3.05, 3.63) is 91.8 Å². The topological polar surface area (TPSA) is 78.2 Å². The number of aryl methyl sites for hydroxylation is 4. The minimum Gasteiger partial charge on any atom is -0.493 e. The van der Waals surface area contributed by atoms with Crippen LogP contribution in [0.3, 0.4) is 0 Å². The van der Waals surface area contributed by atoms with Crippen LogP contribution in [0, 0.1) is 27.7 Å². The van der Waals surface area contributed by atoms with Gasteiger partial charge in [-0.15, -0.1) is 0 Å². The first kappa shape index (κ1) is 24.4. The molecule has 5 rings (SSSR count). The van der Waals surface area contributed by atoms with Gasteiger partial charge in [0, 0.05) is 5.69 Å². The summed E-state index contributed by atoms with van der Waals surface area (Å²) in [5, 5.41) is 0.439. The number of hydrogen-bond donors (Lipinski definition) is 0. The second kappa shape index (κ2) is 9.00. The van der Waals surface area contributed by atoms with Gasteiger partial charge in [-0.1, -0.05) is 6.07 Å². The maximum absolute atomic E-state index is 14.0. The van der Waals surface area contributed by atoms with Crippen LogP contribution in [0.1, 0.15) is 50.0 Å². The Morgan fingerprint density at radius 1 is 0.757 bits per heavy atom. The summed E-state index contributed by atoms with van der Waals surface area (Å²) in [4.78, 5) is 29.6. The molecule has 0 saturated heterocycles. The van der Waals surface area contributed by atoms with E-state index in [0.717, 1.165) is 22.3 Å². The number of carbonyl (C=O) groups is 1. The zero-order valence-corrected chi connectivity index (χ0v) is 22.0. The summed E-state index contributed by atoms with van der Waals surface area (Å²) in [5.74, 6) is 0.934. The number of methoxy groups -OCH3 is 3. The lowest BCUT2D eigenvalue weighted by molar-refractivity contribution is 0.0971. The first-order valence-electron chi connectivity index (χ1n) is 12.0. The van der Waals surface area contributed by atoms with Crippen molar-refractivity contribution in [1.82, 2.24) is 0 Å². The Balaban J connectivity index is 1.86. The lowest BCUT2D eigenvalue weighted by Crippen LogP contribution is -2.29. The highest BCUT2D eigenvalue weighted by molar-refractivity contribution is 6.10. The van der Waals surface area contributed by atoms with Crippen molar-refractivity contribution in [3.63, 3.8) is 0 Å². The number of rotatable bonds is 5. The van der Waals surface area contributed by atoms with Crippen LogP contribution in [0.4, 0.5) is 5.69 Å². The van der Waals surface area contributed by atoms with Gasteiger partial charge in [0.05, 0.1) is 38.3 Å². The first-order valence-corrected chi connectivity index (χ1v) is 12.0. The van der Waals surface area contributed by atoms with E-state index in [0.29, 0.717) is 39.5 Å². The van der Waals surface area contributed by atoms with E-state index in [1.807, 2.05) is 58.0 Å². The molecule has 0 spiro atoms. The standard InChI is InChI=1S/C30H29NO6/c1-15-8-9-20(10-16(15)2)31-26(19-13-23(34-5)28(36-7)24(14-19)35-6)25-27(32)21-11-17(3)18(4)12-22(21)37-29(25)30(31)33/h8-14,26H,1-7H3. The molecule has 4 aromatic rings. The molecule has 0 fully saturated rings. The Bertz CT molecular complexity index is 1610. The van der Waals surface area contributed by atoms with Gasteiger partial charge in [0.1, 0.15) is 5.58 Å². The van der Waals surface area contributed by atoms with E-state index in [2.05, 4.69) is 0 Å². The van der Waals surface area contributed by atoms with Gasteiger partial charge in [0.25, 0.3) is 5.91 Å². The third-order valence-electron chi connectivity index (χ3n) is 7.26. The monoisotopic (exact) mass is 499 g/mol. The second-order valence-electron chi connectivity index (χ2n) is 9.41. The van der Waals surface area contributed by atoms with Crippen molar-refractivity contribution in [3.8, 4) is 17.2 Å². The first-order chi connectivity index (χ1) is 17.7. The normalized spacial score (nSPS) is 14.7. The molecular formula is C30H29NO6. The lowest BCUT2D eigenvalue weighted by Gasteiger charge is -2.27. The number of carbonyl (C=O) groups excluding carboxylic acids is 1. The lowest BCUT2D eigenvalue weighted by atomic mass is 9.96. The molecule has 7 heteroatoms. The average molecular weight is 500 g/mol. The molecule has 1 amide bonds. The molecule has 0 saturated carbocycles. The van der Waals surface area contributed by atoms with Crippen molar-refractivity contribution in [1.29, 1.82) is 0 Å². The summed E-state index contributed by atoms with van der Waals surface area (Å²) in [6.45, 7) is 7.90. The highest BCUT2D eigenvalue weighted by Crippen LogP contribution is 2.46. The SMILES string of the molecule is COc1cc(C2c3c(oc4cc(C)c(C)cc4c3=O)C(=O)N2c2ccc(C)c(C)c2)cc(OC)c1OC. The molecule has 1 atom stereocenters. The number of nitrogens with zero attached hydrogens (tertiary/aromatic N) is 1. The van der Waals surface area contributed by atoms with Crippen LogP contribution in [0.15, 0.2) is 51.7 Å². The molecule has 190 valence electrons. The molecule has 7 nitrogen and oxygen atoms in total. The van der Waals surface area contributed by atoms with E-state index in [1.165, 1.54) is 21.3 Å². The van der Waals surface area contributed by atoms with Crippen molar-refractivity contribution in [2.45, 2.75) is 33.7 Å². The third-order valence-corrected chi connectivity index (χ3v) is 7.26. The summed E-state index contributed by atoms with van der Waals surface area (Å²) in [7, 11) is 4.59. The molecule has 1 aromatic heterocycles. The van der Waals surface area contributed by atoms with Crippen LogP contribution in [-0.4, -0.2) is 27.2 Å². The van der Waals surface area contributed by atoms with Crippen molar-refractivity contribution in [2.75, 3.05) is 26.2 Å². The van der Waals surface area contributed by atoms with Crippen LogP contribution < -0.4 is 24.5 Å². The minimum absolute atomic E-state index is 0.0396. The molecule has 1 aliphatic heterocycles. The molecule has 2 heterocycles. The zero-order valence-electron chi connectivity index (χ0n) is 22.0. The molecule has 1 aliphatic rings. The molecule has 3 aromatic carbocycles. The highest BCUT2D eigenvalue weighted by Gasteiger charge is 2.44. The number of fused-ring (bicyclic) bond motifs is 2. The molecule has 0 bridgehead atoms. The second-order valence-corrected chi connectivity index (χ2v) is 9.41. The molecular weight excluding hydrogens is 470 g/mol. The number of amides is 1. The van der Waals surface area contributed by atoms with Gasteiger partial charge < -0.3 is 18.6 Å². The van der Waals surface area contributed by atoms with E-state index < -0.39 is 6.04 Å². The van der Waals surface area contributed by atoms with Crippen molar-refractivity contribution in [2.24, 2.45) is 0 Å². The molecule has 0 N–H and O–H groups in total. The number of benzene rings is 3. The van der Waals surface area contributed by atoms with Gasteiger partial charge in [0.2, 0.25) is 11.5 Å². The van der Waals surface area contributed by atoms with Gasteiger partial charge in [-0.2, -0.15) is 0 Å². The smallest absolute Gasteiger partial charge is 0.295 e. The summed E-state index contributed by atoms with van der Waals surface area (Å²) < 4.78 is 22.8. The summed E-state index contributed by atoms with van der Waals surface area (Å²) in [6.07, 6.45) is 0. The average Bonchev–Trinajstić information content (AvgIpc) is 3.18. The fourth-order valence-electron chi connectivity index (χ4n) is 4.94. The predicted octanol–water partition coefficient (Wildman–Crippen LogP) is 5.80. The molecule has 37 heavy (non-hydrogen) atoms. The maximum atomic E-state index is 14.0. The van der Waals surface area contributed by atoms with Crippen molar-refractivity contribution < 1.29 is 23.4 Å². The number of hydrogen-bond acceptors (Lipinski definition) is 6. The Hall–Kier alpha value is -4.26. The van der Waals surface area contributed by atoms with Crippen LogP contribution in [0.2, 0.25) is 0 Å². The minimum atomic E-state index is -0.763. The quantitative estimate of drug-likeness (QED) is 0.345. The predicted molar refractivity (Wildman–Crippen MR) is 143 cm³/mol. The van der Waals surface area contributed by atoms with Gasteiger partial charge >= 0.3 is 0 Å². The largest absolute Gasteiger partial charge is 0.493 e. The maximum Gasteiger partial charge on any atom is 0.295 e. The summed E-state index contributed by atoms with van der Waals surface area (Å²) in [5.41, 5.74) is 5.82. The van der Waals surface area contributed by atoms with Gasteiger partial charge in [-0.25, -0.2) is 0 Å². The Labute approximate surface area is 215 Å². The molecule has 0 radical (unpaired) electrons. The Morgan fingerprint density at radius 2 is 1.38 bits per heavy atom. The van der Waals surface area contributed by atoms with Crippen LogP contribution in [0.25, 0.3) is 11.0 Å². The number of ether oxygens (including phenoxy) is 3. The van der Waals surface area contributed by atoms with Gasteiger partial charge in [-0.3, -0.25) is 14.5 Å². The van der Waals surface area contributed by atoms with E-state index in [-0.39, 0.29) is 22.7 Å². The summed E-state index contributed by atoms with van der Waals surface area (Å²) in [6, 6.07) is 12.2. The Morgan fingerprint density at radius 3 is 1.97 bits per heavy atom. The van der Waals surface area contributed by atoms with Crippen molar-refractivity contribution >= 4 is 22.6 Å². The van der Waals surface area contributed by atoms with E-state index in [1.54, 1.807) is 17.0 Å². The fraction of sp³-hybridized carbons (Fsp3) is 0.267. The Kier molecular flexibility index (Phi) is 5.94. The van der Waals surface area contributed by atoms with Crippen LogP contribution in [0.5, 0.6) is 17.2 Å². The molecule has 1 unspecified atom stereocenters. The number of anilines is 1. The third kappa shape index (κ3) is 3.73. The van der Waals surface area contributed by atoms with Crippen LogP contribution >= 0.6 is 0 Å². The van der Waals surface area contributed by atoms with Gasteiger partial charge in [0.15, 0.2) is 16.9 Å². The summed E-state index contributed by atoms with van der Waals surface area (Å²) >= 11 is 0. The fourth-order valence-corrected chi connectivity index (χ4v) is 4.94.